The van der Waals surface area contributed by atoms with Crippen molar-refractivity contribution in [1.82, 2.24) is 5.43 Å². The summed E-state index contributed by atoms with van der Waals surface area (Å²) in [6, 6.07) is 5.52. The Balaban J connectivity index is 1.96. The molecule has 96 valence electrons. The third kappa shape index (κ3) is 2.98. The molecule has 0 saturated carbocycles. The third-order valence-corrected chi connectivity index (χ3v) is 2.74. The van der Waals surface area contributed by atoms with Crippen molar-refractivity contribution in [1.29, 1.82) is 0 Å². The molecule has 0 fully saturated rings. The Bertz CT molecular complexity index is 474. The molecule has 2 amide bonds. The smallest absolute Gasteiger partial charge is 0.237 e. The van der Waals surface area contributed by atoms with Crippen molar-refractivity contribution in [2.75, 3.05) is 11.9 Å². The molecule has 0 aliphatic carbocycles. The fourth-order valence-electron chi connectivity index (χ4n) is 1.77. The van der Waals surface area contributed by atoms with Crippen LogP contribution in [0.1, 0.15) is 18.4 Å². The zero-order valence-electron chi connectivity index (χ0n) is 9.86. The molecule has 0 unspecified atom stereocenters. The molecule has 4 N–H and O–H groups in total. The predicted molar refractivity (Wildman–Crippen MR) is 65.8 cm³/mol. The molecular formula is C12H15N3O3. The normalized spacial score (nSPS) is 13.5. The highest BCUT2D eigenvalue weighted by molar-refractivity contribution is 5.94. The number of aryl methyl sites for hydroxylation is 1. The lowest BCUT2D eigenvalue weighted by Crippen LogP contribution is -2.31. The number of hydrazine groups is 1. The Morgan fingerprint density at radius 1 is 1.44 bits per heavy atom. The van der Waals surface area contributed by atoms with Crippen LogP contribution >= 0.6 is 0 Å². The first-order valence-corrected chi connectivity index (χ1v) is 5.74. The lowest BCUT2D eigenvalue weighted by Gasteiger charge is -2.17. The van der Waals surface area contributed by atoms with E-state index >= 15 is 0 Å². The zero-order valence-corrected chi connectivity index (χ0v) is 9.86. The molecule has 0 bridgehead atoms. The molecule has 0 radical (unpaired) electrons. The fraction of sp³-hybridized carbons (Fsp3) is 0.333. The molecule has 1 aromatic carbocycles. The van der Waals surface area contributed by atoms with E-state index in [1.807, 2.05) is 17.6 Å². The minimum atomic E-state index is -0.277. The monoisotopic (exact) mass is 249 g/mol. The number of hydrogen-bond acceptors (Lipinski definition) is 4. The first kappa shape index (κ1) is 12.4. The molecule has 1 aliphatic rings. The highest BCUT2D eigenvalue weighted by Crippen LogP contribution is 2.27. The molecule has 1 aliphatic heterocycles. The molecule has 0 spiro atoms. The number of anilines is 1. The summed E-state index contributed by atoms with van der Waals surface area (Å²) in [6.45, 7) is 0.246. The SMILES string of the molecule is NNC(=O)CCOc1ccc2c(c1)NC(=O)CC2. The molecule has 1 heterocycles. The van der Waals surface area contributed by atoms with Crippen LogP contribution in [0.25, 0.3) is 0 Å². The fourth-order valence-corrected chi connectivity index (χ4v) is 1.77. The van der Waals surface area contributed by atoms with Gasteiger partial charge in [-0.25, -0.2) is 5.84 Å². The second kappa shape index (κ2) is 5.50. The largest absolute Gasteiger partial charge is 0.493 e. The third-order valence-electron chi connectivity index (χ3n) is 2.74. The number of fused-ring (bicyclic) bond motifs is 1. The number of carbonyl (C=O) groups is 2. The molecule has 0 aromatic heterocycles. The summed E-state index contributed by atoms with van der Waals surface area (Å²) in [7, 11) is 0. The van der Waals surface area contributed by atoms with E-state index in [1.54, 1.807) is 6.07 Å². The number of ether oxygens (including phenoxy) is 1. The van der Waals surface area contributed by atoms with Crippen LogP contribution in [0.3, 0.4) is 0 Å². The van der Waals surface area contributed by atoms with E-state index in [-0.39, 0.29) is 24.8 Å². The van der Waals surface area contributed by atoms with E-state index < -0.39 is 0 Å². The van der Waals surface area contributed by atoms with Gasteiger partial charge in [0.05, 0.1) is 13.0 Å². The molecule has 18 heavy (non-hydrogen) atoms. The van der Waals surface area contributed by atoms with Crippen molar-refractivity contribution in [2.45, 2.75) is 19.3 Å². The van der Waals surface area contributed by atoms with Crippen molar-refractivity contribution >= 4 is 17.5 Å². The Labute approximate surface area is 104 Å². The second-order valence-electron chi connectivity index (χ2n) is 4.03. The van der Waals surface area contributed by atoms with E-state index in [2.05, 4.69) is 5.32 Å². The summed E-state index contributed by atoms with van der Waals surface area (Å²) in [6.07, 6.45) is 1.46. The number of rotatable bonds is 4. The van der Waals surface area contributed by atoms with Crippen LogP contribution in [0.5, 0.6) is 5.75 Å². The van der Waals surface area contributed by atoms with Crippen LogP contribution < -0.4 is 21.3 Å². The average Bonchev–Trinajstić information content (AvgIpc) is 2.38. The summed E-state index contributed by atoms with van der Waals surface area (Å²) in [5, 5.41) is 2.79. The van der Waals surface area contributed by atoms with E-state index in [9.17, 15) is 9.59 Å². The van der Waals surface area contributed by atoms with Gasteiger partial charge in [0.1, 0.15) is 5.75 Å². The van der Waals surface area contributed by atoms with Gasteiger partial charge < -0.3 is 10.1 Å². The van der Waals surface area contributed by atoms with Crippen molar-refractivity contribution in [3.05, 3.63) is 23.8 Å². The summed E-state index contributed by atoms with van der Waals surface area (Å²) in [4.78, 5) is 22.2. The van der Waals surface area contributed by atoms with Gasteiger partial charge >= 0.3 is 0 Å². The van der Waals surface area contributed by atoms with Crippen molar-refractivity contribution in [3.8, 4) is 5.75 Å². The number of carbonyl (C=O) groups excluding carboxylic acids is 2. The van der Waals surface area contributed by atoms with Crippen LogP contribution in [0.2, 0.25) is 0 Å². The number of amides is 2. The second-order valence-corrected chi connectivity index (χ2v) is 4.03. The number of hydrogen-bond donors (Lipinski definition) is 3. The minimum Gasteiger partial charge on any atom is -0.493 e. The summed E-state index contributed by atoms with van der Waals surface area (Å²) in [5.41, 5.74) is 3.91. The minimum absolute atomic E-state index is 0.0159. The van der Waals surface area contributed by atoms with Crippen molar-refractivity contribution < 1.29 is 14.3 Å². The van der Waals surface area contributed by atoms with Gasteiger partial charge in [-0.15, -0.1) is 0 Å². The van der Waals surface area contributed by atoms with Crippen LogP contribution in [0.15, 0.2) is 18.2 Å². The molecule has 6 nitrogen and oxygen atoms in total. The van der Waals surface area contributed by atoms with Crippen molar-refractivity contribution in [3.63, 3.8) is 0 Å². The van der Waals surface area contributed by atoms with Crippen molar-refractivity contribution in [2.24, 2.45) is 5.84 Å². The van der Waals surface area contributed by atoms with Gasteiger partial charge in [-0.1, -0.05) is 6.07 Å². The lowest BCUT2D eigenvalue weighted by molar-refractivity contribution is -0.121. The van der Waals surface area contributed by atoms with E-state index in [0.29, 0.717) is 12.2 Å². The lowest BCUT2D eigenvalue weighted by atomic mass is 10.0. The van der Waals surface area contributed by atoms with Gasteiger partial charge in [0.15, 0.2) is 0 Å². The highest BCUT2D eigenvalue weighted by atomic mass is 16.5. The first-order valence-electron chi connectivity index (χ1n) is 5.74. The molecule has 2 rings (SSSR count). The maximum absolute atomic E-state index is 11.3. The van der Waals surface area contributed by atoms with Gasteiger partial charge in [-0.2, -0.15) is 0 Å². The van der Waals surface area contributed by atoms with E-state index in [0.717, 1.165) is 17.7 Å². The van der Waals surface area contributed by atoms with Gasteiger partial charge in [-0.3, -0.25) is 15.0 Å². The van der Waals surface area contributed by atoms with Gasteiger partial charge in [-0.05, 0) is 18.1 Å². The Morgan fingerprint density at radius 3 is 3.06 bits per heavy atom. The maximum Gasteiger partial charge on any atom is 0.237 e. The van der Waals surface area contributed by atoms with Gasteiger partial charge in [0.2, 0.25) is 11.8 Å². The standard InChI is InChI=1S/C12H15N3O3/c13-15-12(17)5-6-18-9-3-1-8-2-4-11(16)14-10(8)7-9/h1,3,7H,2,4-6,13H2,(H,14,16)(H,15,17). The Morgan fingerprint density at radius 2 is 2.28 bits per heavy atom. The predicted octanol–water partition coefficient (Wildman–Crippen LogP) is 0.330. The molecule has 0 saturated heterocycles. The van der Waals surface area contributed by atoms with E-state index in [4.69, 9.17) is 10.6 Å². The average molecular weight is 249 g/mol. The first-order chi connectivity index (χ1) is 8.69. The van der Waals surface area contributed by atoms with Gasteiger partial charge in [0, 0.05) is 18.2 Å². The molecule has 6 heteroatoms. The van der Waals surface area contributed by atoms with Gasteiger partial charge in [0.25, 0.3) is 0 Å². The number of benzene rings is 1. The molecular weight excluding hydrogens is 234 g/mol. The molecule has 1 aromatic rings. The van der Waals surface area contributed by atoms with Crippen LogP contribution in [0.4, 0.5) is 5.69 Å². The van der Waals surface area contributed by atoms with E-state index in [1.165, 1.54) is 0 Å². The number of nitrogens with two attached hydrogens (primary N) is 1. The molecule has 0 atom stereocenters. The Hall–Kier alpha value is -2.08. The van der Waals surface area contributed by atoms with Crippen LogP contribution in [0, 0.1) is 0 Å². The van der Waals surface area contributed by atoms with Crippen LogP contribution in [-0.4, -0.2) is 18.4 Å². The highest BCUT2D eigenvalue weighted by Gasteiger charge is 2.14. The topological polar surface area (TPSA) is 93.4 Å². The zero-order chi connectivity index (χ0) is 13.0. The summed E-state index contributed by atoms with van der Waals surface area (Å²) in [5.74, 6) is 5.32. The summed E-state index contributed by atoms with van der Waals surface area (Å²) < 4.78 is 5.41. The quantitative estimate of drug-likeness (QED) is 0.407. The Kier molecular flexibility index (Phi) is 3.78. The number of nitrogens with one attached hydrogen (secondary N) is 2. The summed E-state index contributed by atoms with van der Waals surface area (Å²) >= 11 is 0. The van der Waals surface area contributed by atoms with Crippen LogP contribution in [-0.2, 0) is 16.0 Å². The maximum atomic E-state index is 11.3.